The predicted octanol–water partition coefficient (Wildman–Crippen LogP) is 2.43. The summed E-state index contributed by atoms with van der Waals surface area (Å²) in [4.78, 5) is 14.6. The van der Waals surface area contributed by atoms with Crippen LogP contribution in [-0.4, -0.2) is 28.6 Å². The van der Waals surface area contributed by atoms with Gasteiger partial charge in [0.15, 0.2) is 0 Å². The normalized spacial score (nSPS) is 24.4. The number of carbonyl (C=O) groups is 1. The highest BCUT2D eigenvalue weighted by molar-refractivity contribution is 7.09. The Balaban J connectivity index is 1.97. The Kier molecular flexibility index (Phi) is 3.61. The molecule has 1 saturated carbocycles. The zero-order valence-corrected chi connectivity index (χ0v) is 10.2. The lowest BCUT2D eigenvalue weighted by Gasteiger charge is -2.41. The number of carboxylic acid groups (broad SMARTS) is 1. The Morgan fingerprint density at radius 3 is 2.88 bits per heavy atom. The SMILES string of the molecule is CCN(Cc1cccs1)C1CCC1C(=O)O. The molecule has 1 aliphatic carbocycles. The summed E-state index contributed by atoms with van der Waals surface area (Å²) in [5.74, 6) is -0.791. The predicted molar refractivity (Wildman–Crippen MR) is 64.6 cm³/mol. The third kappa shape index (κ3) is 2.28. The van der Waals surface area contributed by atoms with Gasteiger partial charge in [-0.25, -0.2) is 0 Å². The van der Waals surface area contributed by atoms with Gasteiger partial charge in [-0.3, -0.25) is 9.69 Å². The number of hydrogen-bond acceptors (Lipinski definition) is 3. The monoisotopic (exact) mass is 239 g/mol. The first-order chi connectivity index (χ1) is 7.72. The lowest BCUT2D eigenvalue weighted by Crippen LogP contribution is -2.49. The maximum atomic E-state index is 11.0. The molecule has 1 aliphatic rings. The summed E-state index contributed by atoms with van der Waals surface area (Å²) < 4.78 is 0. The van der Waals surface area contributed by atoms with Crippen LogP contribution < -0.4 is 0 Å². The lowest BCUT2D eigenvalue weighted by atomic mass is 9.78. The van der Waals surface area contributed by atoms with Gasteiger partial charge in [-0.2, -0.15) is 0 Å². The van der Waals surface area contributed by atoms with Gasteiger partial charge in [-0.1, -0.05) is 13.0 Å². The summed E-state index contributed by atoms with van der Waals surface area (Å²) in [5.41, 5.74) is 0. The van der Waals surface area contributed by atoms with E-state index in [9.17, 15) is 4.79 Å². The van der Waals surface area contributed by atoms with Crippen molar-refractivity contribution in [3.05, 3.63) is 22.4 Å². The van der Waals surface area contributed by atoms with Crippen LogP contribution in [0.15, 0.2) is 17.5 Å². The van der Waals surface area contributed by atoms with Crippen molar-refractivity contribution in [1.29, 1.82) is 0 Å². The largest absolute Gasteiger partial charge is 0.481 e. The van der Waals surface area contributed by atoms with Crippen LogP contribution in [0.5, 0.6) is 0 Å². The van der Waals surface area contributed by atoms with Gasteiger partial charge in [-0.15, -0.1) is 11.3 Å². The molecule has 0 amide bonds. The van der Waals surface area contributed by atoms with E-state index in [-0.39, 0.29) is 12.0 Å². The fraction of sp³-hybridized carbons (Fsp3) is 0.583. The van der Waals surface area contributed by atoms with Crippen molar-refractivity contribution in [2.24, 2.45) is 5.92 Å². The fourth-order valence-electron chi connectivity index (χ4n) is 2.27. The van der Waals surface area contributed by atoms with Crippen molar-refractivity contribution in [3.63, 3.8) is 0 Å². The minimum Gasteiger partial charge on any atom is -0.481 e. The van der Waals surface area contributed by atoms with Gasteiger partial charge < -0.3 is 5.11 Å². The highest BCUT2D eigenvalue weighted by atomic mass is 32.1. The number of carboxylic acids is 1. The average molecular weight is 239 g/mol. The van der Waals surface area contributed by atoms with E-state index in [2.05, 4.69) is 23.3 Å². The van der Waals surface area contributed by atoms with Gasteiger partial charge in [0.1, 0.15) is 0 Å². The molecule has 1 heterocycles. The molecule has 0 radical (unpaired) electrons. The molecule has 0 aliphatic heterocycles. The van der Waals surface area contributed by atoms with Crippen LogP contribution in [0.2, 0.25) is 0 Å². The van der Waals surface area contributed by atoms with E-state index in [1.165, 1.54) is 4.88 Å². The molecule has 1 N–H and O–H groups in total. The molecule has 0 spiro atoms. The number of rotatable bonds is 5. The first-order valence-corrected chi connectivity index (χ1v) is 6.59. The molecular weight excluding hydrogens is 222 g/mol. The quantitative estimate of drug-likeness (QED) is 0.858. The van der Waals surface area contributed by atoms with Gasteiger partial charge >= 0.3 is 5.97 Å². The van der Waals surface area contributed by atoms with Crippen molar-refractivity contribution >= 4 is 17.3 Å². The van der Waals surface area contributed by atoms with Crippen LogP contribution in [-0.2, 0) is 11.3 Å². The molecule has 0 aromatic carbocycles. The van der Waals surface area contributed by atoms with E-state index >= 15 is 0 Å². The summed E-state index contributed by atoms with van der Waals surface area (Å²) in [6.45, 7) is 3.92. The topological polar surface area (TPSA) is 40.5 Å². The minimum absolute atomic E-state index is 0.153. The summed E-state index contributed by atoms with van der Waals surface area (Å²) in [5, 5.41) is 11.1. The molecule has 16 heavy (non-hydrogen) atoms. The zero-order chi connectivity index (χ0) is 11.5. The average Bonchev–Trinajstić information content (AvgIpc) is 2.66. The molecule has 1 fully saturated rings. The molecule has 88 valence electrons. The van der Waals surface area contributed by atoms with E-state index in [4.69, 9.17) is 5.11 Å². The van der Waals surface area contributed by atoms with Gasteiger partial charge in [0.2, 0.25) is 0 Å². The van der Waals surface area contributed by atoms with Crippen molar-refractivity contribution in [1.82, 2.24) is 4.90 Å². The van der Waals surface area contributed by atoms with Crippen LogP contribution in [0.4, 0.5) is 0 Å². The van der Waals surface area contributed by atoms with E-state index in [1.54, 1.807) is 11.3 Å². The Bertz CT molecular complexity index is 350. The second-order valence-corrected chi connectivity index (χ2v) is 5.26. The Morgan fingerprint density at radius 1 is 1.62 bits per heavy atom. The number of nitrogens with zero attached hydrogens (tertiary/aromatic N) is 1. The van der Waals surface area contributed by atoms with Crippen LogP contribution in [0.1, 0.15) is 24.6 Å². The molecule has 2 unspecified atom stereocenters. The highest BCUT2D eigenvalue weighted by Gasteiger charge is 2.39. The third-order valence-corrected chi connectivity index (χ3v) is 4.23. The molecular formula is C12H17NO2S. The second kappa shape index (κ2) is 4.97. The maximum Gasteiger partial charge on any atom is 0.308 e. The zero-order valence-electron chi connectivity index (χ0n) is 9.43. The molecule has 1 aromatic heterocycles. The Labute approximate surface area is 99.7 Å². The van der Waals surface area contributed by atoms with Gasteiger partial charge in [-0.05, 0) is 30.8 Å². The first-order valence-electron chi connectivity index (χ1n) is 5.71. The van der Waals surface area contributed by atoms with Gasteiger partial charge in [0.25, 0.3) is 0 Å². The second-order valence-electron chi connectivity index (χ2n) is 4.23. The van der Waals surface area contributed by atoms with E-state index in [1.807, 2.05) is 6.07 Å². The van der Waals surface area contributed by atoms with Crippen molar-refractivity contribution in [2.75, 3.05) is 6.54 Å². The van der Waals surface area contributed by atoms with Crippen molar-refractivity contribution < 1.29 is 9.90 Å². The van der Waals surface area contributed by atoms with Crippen molar-refractivity contribution in [3.8, 4) is 0 Å². The fourth-order valence-corrected chi connectivity index (χ4v) is 3.00. The van der Waals surface area contributed by atoms with E-state index < -0.39 is 5.97 Å². The molecule has 3 nitrogen and oxygen atoms in total. The van der Waals surface area contributed by atoms with Crippen LogP contribution in [0, 0.1) is 5.92 Å². The standard InChI is InChI=1S/C12H17NO2S/c1-2-13(8-9-4-3-7-16-9)11-6-5-10(11)12(14)15/h3-4,7,10-11H,2,5-6,8H2,1H3,(H,14,15). The summed E-state index contributed by atoms with van der Waals surface area (Å²) in [6, 6.07) is 4.40. The number of aliphatic carboxylic acids is 1. The maximum absolute atomic E-state index is 11.0. The third-order valence-electron chi connectivity index (χ3n) is 3.37. The summed E-state index contributed by atoms with van der Waals surface area (Å²) in [7, 11) is 0. The first kappa shape index (κ1) is 11.6. The molecule has 1 aromatic rings. The van der Waals surface area contributed by atoms with Crippen molar-refractivity contribution in [2.45, 2.75) is 32.4 Å². The van der Waals surface area contributed by atoms with Gasteiger partial charge in [0, 0.05) is 17.5 Å². The summed E-state index contributed by atoms with van der Waals surface area (Å²) in [6.07, 6.45) is 1.86. The minimum atomic E-state index is -0.638. The number of hydrogen-bond donors (Lipinski definition) is 1. The lowest BCUT2D eigenvalue weighted by molar-refractivity contribution is -0.149. The number of thiophene rings is 1. The molecule has 4 heteroatoms. The molecule has 0 saturated heterocycles. The Morgan fingerprint density at radius 2 is 2.44 bits per heavy atom. The van der Waals surface area contributed by atoms with Crippen LogP contribution >= 0.6 is 11.3 Å². The Hall–Kier alpha value is -0.870. The highest BCUT2D eigenvalue weighted by Crippen LogP contribution is 2.33. The summed E-state index contributed by atoms with van der Waals surface area (Å²) >= 11 is 1.74. The van der Waals surface area contributed by atoms with Crippen LogP contribution in [0.25, 0.3) is 0 Å². The van der Waals surface area contributed by atoms with Crippen LogP contribution in [0.3, 0.4) is 0 Å². The molecule has 0 bridgehead atoms. The van der Waals surface area contributed by atoms with E-state index in [0.29, 0.717) is 0 Å². The molecule has 2 atom stereocenters. The van der Waals surface area contributed by atoms with Gasteiger partial charge in [0.05, 0.1) is 5.92 Å². The molecule has 2 rings (SSSR count). The smallest absolute Gasteiger partial charge is 0.308 e. The van der Waals surface area contributed by atoms with E-state index in [0.717, 1.165) is 25.9 Å².